The molecule has 10 heteroatoms. The molecule has 0 unspecified atom stereocenters. The minimum atomic E-state index is -5.18. The molecule has 172 valence electrons. The molecule has 0 spiro atoms. The van der Waals surface area contributed by atoms with Gasteiger partial charge in [0.25, 0.3) is 0 Å². The average molecular weight is 468 g/mol. The van der Waals surface area contributed by atoms with E-state index in [1.807, 2.05) is 0 Å². The molecule has 2 N–H and O–H groups in total. The van der Waals surface area contributed by atoms with E-state index in [-0.39, 0.29) is 17.6 Å². The predicted molar refractivity (Wildman–Crippen MR) is 116 cm³/mol. The van der Waals surface area contributed by atoms with Crippen LogP contribution in [0.15, 0.2) is 41.8 Å². The van der Waals surface area contributed by atoms with Crippen LogP contribution in [0.25, 0.3) is 0 Å². The number of amides is 3. The first kappa shape index (κ1) is 23.8. The second kappa shape index (κ2) is 10.2. The molecule has 1 aliphatic rings. The van der Waals surface area contributed by atoms with E-state index in [1.54, 1.807) is 11.4 Å². The highest BCUT2D eigenvalue weighted by molar-refractivity contribution is 7.10. The summed E-state index contributed by atoms with van der Waals surface area (Å²) >= 11 is 1.10. The summed E-state index contributed by atoms with van der Waals surface area (Å²) in [6, 6.07) is 6.89. The van der Waals surface area contributed by atoms with Crippen molar-refractivity contribution in [3.63, 3.8) is 0 Å². The molecule has 3 rings (SSSR count). The van der Waals surface area contributed by atoms with Crippen molar-refractivity contribution in [3.8, 4) is 0 Å². The molecule has 1 saturated carbocycles. The van der Waals surface area contributed by atoms with Crippen LogP contribution >= 0.6 is 11.3 Å². The van der Waals surface area contributed by atoms with Gasteiger partial charge in [-0.1, -0.05) is 25.3 Å². The van der Waals surface area contributed by atoms with E-state index < -0.39 is 24.0 Å². The van der Waals surface area contributed by atoms with Gasteiger partial charge in [0.1, 0.15) is 0 Å². The molecule has 0 saturated heterocycles. The smallest absolute Gasteiger partial charge is 0.351 e. The van der Waals surface area contributed by atoms with Crippen LogP contribution in [0, 0.1) is 0 Å². The summed E-state index contributed by atoms with van der Waals surface area (Å²) in [5.74, 6) is -3.13. The molecule has 2 aromatic rings. The third-order valence-corrected chi connectivity index (χ3v) is 6.12. The zero-order valence-corrected chi connectivity index (χ0v) is 18.3. The third-order valence-electron chi connectivity index (χ3n) is 5.20. The van der Waals surface area contributed by atoms with E-state index in [9.17, 15) is 27.6 Å². The van der Waals surface area contributed by atoms with Crippen LogP contribution in [0.4, 0.5) is 24.5 Å². The van der Waals surface area contributed by atoms with E-state index in [2.05, 4.69) is 10.6 Å². The van der Waals surface area contributed by atoms with Gasteiger partial charge in [0.15, 0.2) is 6.04 Å². The molecule has 1 aromatic heterocycles. The molecular formula is C22H24F3N3O3S. The lowest BCUT2D eigenvalue weighted by molar-refractivity contribution is -0.171. The van der Waals surface area contributed by atoms with Crippen LogP contribution in [-0.2, 0) is 14.4 Å². The van der Waals surface area contributed by atoms with Crippen LogP contribution in [-0.4, -0.2) is 29.9 Å². The Balaban J connectivity index is 2.00. The Morgan fingerprint density at radius 1 is 1.06 bits per heavy atom. The van der Waals surface area contributed by atoms with Crippen LogP contribution in [0.3, 0.4) is 0 Å². The zero-order chi connectivity index (χ0) is 23.3. The van der Waals surface area contributed by atoms with Crippen molar-refractivity contribution in [2.75, 3.05) is 10.2 Å². The van der Waals surface area contributed by atoms with E-state index in [0.717, 1.165) is 43.4 Å². The number of hydrogen-bond acceptors (Lipinski definition) is 4. The SMILES string of the molecule is CC(=O)Nc1ccc(N(C(=O)C(F)(F)F)[C@@H](C(=O)NC2CCCCC2)c2cccs2)cc1. The second-order valence-electron chi connectivity index (χ2n) is 7.66. The predicted octanol–water partition coefficient (Wildman–Crippen LogP) is 4.79. The summed E-state index contributed by atoms with van der Waals surface area (Å²) in [6.45, 7) is 1.30. The number of halogens is 3. The van der Waals surface area contributed by atoms with E-state index in [4.69, 9.17) is 0 Å². The van der Waals surface area contributed by atoms with Gasteiger partial charge in [-0.3, -0.25) is 19.3 Å². The lowest BCUT2D eigenvalue weighted by Crippen LogP contribution is -2.50. The number of rotatable bonds is 6. The van der Waals surface area contributed by atoms with Gasteiger partial charge in [0.2, 0.25) is 11.8 Å². The highest BCUT2D eigenvalue weighted by Gasteiger charge is 2.47. The van der Waals surface area contributed by atoms with Crippen molar-refractivity contribution in [2.24, 2.45) is 0 Å². The van der Waals surface area contributed by atoms with Crippen LogP contribution in [0.1, 0.15) is 49.9 Å². The van der Waals surface area contributed by atoms with Gasteiger partial charge in [-0.2, -0.15) is 13.2 Å². The lowest BCUT2D eigenvalue weighted by Gasteiger charge is -2.33. The Morgan fingerprint density at radius 2 is 1.72 bits per heavy atom. The van der Waals surface area contributed by atoms with Gasteiger partial charge in [0, 0.05) is 29.2 Å². The standard InChI is InChI=1S/C22H24F3N3O3S/c1-14(29)26-16-9-11-17(12-10-16)28(21(31)22(23,24)25)19(18-8-5-13-32-18)20(30)27-15-6-3-2-4-7-15/h5,8-13,15,19H,2-4,6-7H2,1H3,(H,26,29)(H,27,30)/t19-/m1/s1. The highest BCUT2D eigenvalue weighted by atomic mass is 32.1. The Hall–Kier alpha value is -2.88. The first-order valence-corrected chi connectivity index (χ1v) is 11.2. The summed E-state index contributed by atoms with van der Waals surface area (Å²) in [6.07, 6.45) is -0.755. The summed E-state index contributed by atoms with van der Waals surface area (Å²) in [5, 5.41) is 7.02. The first-order valence-electron chi connectivity index (χ1n) is 10.3. The molecule has 6 nitrogen and oxygen atoms in total. The fraction of sp³-hybridized carbons (Fsp3) is 0.409. The van der Waals surface area contributed by atoms with Gasteiger partial charge in [-0.25, -0.2) is 0 Å². The number of nitrogens with one attached hydrogen (secondary N) is 2. The van der Waals surface area contributed by atoms with Crippen molar-refractivity contribution in [1.82, 2.24) is 5.32 Å². The quantitative estimate of drug-likeness (QED) is 0.641. The Labute approximate surface area is 187 Å². The molecule has 1 heterocycles. The van der Waals surface area contributed by atoms with Crippen LogP contribution < -0.4 is 15.5 Å². The minimum Gasteiger partial charge on any atom is -0.351 e. The van der Waals surface area contributed by atoms with Gasteiger partial charge < -0.3 is 10.6 Å². The molecule has 0 bridgehead atoms. The molecular weight excluding hydrogens is 443 g/mol. The average Bonchev–Trinajstić information content (AvgIpc) is 3.26. The number of benzene rings is 1. The number of carbonyl (C=O) groups excluding carboxylic acids is 3. The van der Waals surface area contributed by atoms with Crippen molar-refractivity contribution in [1.29, 1.82) is 0 Å². The molecule has 1 aliphatic carbocycles. The van der Waals surface area contributed by atoms with Gasteiger partial charge in [0.05, 0.1) is 0 Å². The molecule has 0 aliphatic heterocycles. The number of nitrogens with zero attached hydrogens (tertiary/aromatic N) is 1. The number of carbonyl (C=O) groups is 3. The third kappa shape index (κ3) is 5.87. The van der Waals surface area contributed by atoms with Gasteiger partial charge in [-0.05, 0) is 48.6 Å². The lowest BCUT2D eigenvalue weighted by atomic mass is 9.95. The second-order valence-corrected chi connectivity index (χ2v) is 8.64. The number of hydrogen-bond donors (Lipinski definition) is 2. The van der Waals surface area contributed by atoms with Gasteiger partial charge in [-0.15, -0.1) is 11.3 Å². The largest absolute Gasteiger partial charge is 0.471 e. The first-order chi connectivity index (χ1) is 15.2. The minimum absolute atomic E-state index is 0.0985. The van der Waals surface area contributed by atoms with Crippen molar-refractivity contribution < 1.29 is 27.6 Å². The van der Waals surface area contributed by atoms with Crippen molar-refractivity contribution >= 4 is 40.4 Å². The molecule has 3 amide bonds. The summed E-state index contributed by atoms with van der Waals surface area (Å²) in [7, 11) is 0. The molecule has 0 radical (unpaired) electrons. The fourth-order valence-electron chi connectivity index (χ4n) is 3.78. The Bertz CT molecular complexity index is 940. The normalized spacial score (nSPS) is 15.6. The number of alkyl halides is 3. The van der Waals surface area contributed by atoms with Crippen molar-refractivity contribution in [3.05, 3.63) is 46.7 Å². The van der Waals surface area contributed by atoms with E-state index >= 15 is 0 Å². The molecule has 32 heavy (non-hydrogen) atoms. The maximum atomic E-state index is 13.6. The maximum Gasteiger partial charge on any atom is 0.471 e. The maximum absolute atomic E-state index is 13.6. The Morgan fingerprint density at radius 3 is 2.25 bits per heavy atom. The van der Waals surface area contributed by atoms with Crippen LogP contribution in [0.5, 0.6) is 0 Å². The fourth-order valence-corrected chi connectivity index (χ4v) is 4.59. The monoisotopic (exact) mass is 467 g/mol. The zero-order valence-electron chi connectivity index (χ0n) is 17.4. The van der Waals surface area contributed by atoms with E-state index in [1.165, 1.54) is 37.3 Å². The Kier molecular flexibility index (Phi) is 7.55. The topological polar surface area (TPSA) is 78.5 Å². The van der Waals surface area contributed by atoms with E-state index in [0.29, 0.717) is 15.5 Å². The number of thiophene rings is 1. The molecule has 1 fully saturated rings. The molecule has 1 atom stereocenters. The van der Waals surface area contributed by atoms with Crippen molar-refractivity contribution in [2.45, 2.75) is 57.3 Å². The van der Waals surface area contributed by atoms with Crippen LogP contribution in [0.2, 0.25) is 0 Å². The summed E-state index contributed by atoms with van der Waals surface area (Å²) < 4.78 is 40.8. The molecule has 1 aromatic carbocycles. The number of anilines is 2. The summed E-state index contributed by atoms with van der Waals surface area (Å²) in [5.41, 5.74) is 0.263. The van der Waals surface area contributed by atoms with Gasteiger partial charge >= 0.3 is 12.1 Å². The summed E-state index contributed by atoms with van der Waals surface area (Å²) in [4.78, 5) is 37.8. The highest BCUT2D eigenvalue weighted by Crippen LogP contribution is 2.35.